The number of ether oxygens (including phenoxy) is 2. The lowest BCUT2D eigenvalue weighted by Crippen LogP contribution is -2.46. The molecule has 0 aromatic rings. The van der Waals surface area contributed by atoms with Crippen molar-refractivity contribution in [1.82, 2.24) is 0 Å². The first-order chi connectivity index (χ1) is 10.0. The highest BCUT2D eigenvalue weighted by molar-refractivity contribution is 9.11. The van der Waals surface area contributed by atoms with E-state index in [1.165, 1.54) is 0 Å². The standard InChI is InChI=1S/C15H19Br3O3/c1-7(17)14-10-6-9(10)13(19)12(18)15-11(21-14)5-8(20-15)3-2-4-16/h3-4,7-15,19H,5-6H2,1H3/t2?,7?,8-,9+,10-,11-,12+,13+,14?,15+/m1/s1. The molecule has 0 spiro atoms. The lowest BCUT2D eigenvalue weighted by atomic mass is 9.97. The van der Waals surface area contributed by atoms with Crippen LogP contribution in [0.3, 0.4) is 0 Å². The van der Waals surface area contributed by atoms with Gasteiger partial charge in [0.15, 0.2) is 0 Å². The lowest BCUT2D eigenvalue weighted by Gasteiger charge is -2.34. The quantitative estimate of drug-likeness (QED) is 0.479. The molecule has 3 aliphatic rings. The summed E-state index contributed by atoms with van der Waals surface area (Å²) in [4.78, 5) is 1.90. The Hall–Kier alpha value is 0.840. The van der Waals surface area contributed by atoms with E-state index >= 15 is 0 Å². The molecule has 6 heteroatoms. The maximum absolute atomic E-state index is 10.6. The van der Waals surface area contributed by atoms with Crippen LogP contribution in [0.2, 0.25) is 0 Å². The van der Waals surface area contributed by atoms with Gasteiger partial charge >= 0.3 is 0 Å². The molecule has 0 aromatic heterocycles. The zero-order valence-corrected chi connectivity index (χ0v) is 16.4. The van der Waals surface area contributed by atoms with Crippen LogP contribution in [0.5, 0.6) is 0 Å². The second kappa shape index (κ2) is 6.76. The summed E-state index contributed by atoms with van der Waals surface area (Å²) < 4.78 is 12.5. The molecule has 2 heterocycles. The number of hydrogen-bond donors (Lipinski definition) is 1. The Morgan fingerprint density at radius 1 is 1.29 bits per heavy atom. The highest BCUT2D eigenvalue weighted by atomic mass is 79.9. The minimum atomic E-state index is -0.366. The SMILES string of the molecule is CC(Br)C1O[C@@H]2C[C@@H](C=C=CBr)O[C@@H]2[C@@H](Br)[C@@H](O)[C@H]2C[C@@H]12. The van der Waals surface area contributed by atoms with Crippen LogP contribution in [0.25, 0.3) is 0 Å². The molecule has 1 N–H and O–H groups in total. The van der Waals surface area contributed by atoms with Crippen LogP contribution in [0, 0.1) is 11.8 Å². The van der Waals surface area contributed by atoms with Gasteiger partial charge in [-0.1, -0.05) is 54.7 Å². The van der Waals surface area contributed by atoms with E-state index in [9.17, 15) is 5.11 Å². The predicted molar refractivity (Wildman–Crippen MR) is 92.2 cm³/mol. The summed E-state index contributed by atoms with van der Waals surface area (Å²) in [6.07, 6.45) is 3.41. The molecule has 2 aliphatic heterocycles. The van der Waals surface area contributed by atoms with E-state index < -0.39 is 0 Å². The van der Waals surface area contributed by atoms with Gasteiger partial charge in [0.1, 0.15) is 0 Å². The summed E-state index contributed by atoms with van der Waals surface area (Å²) >= 11 is 10.5. The van der Waals surface area contributed by atoms with E-state index in [4.69, 9.17) is 9.47 Å². The first-order valence-electron chi connectivity index (χ1n) is 7.31. The molecule has 0 bridgehead atoms. The van der Waals surface area contributed by atoms with Gasteiger partial charge in [-0.05, 0) is 24.3 Å². The summed E-state index contributed by atoms with van der Waals surface area (Å²) in [5, 5.41) is 10.6. The van der Waals surface area contributed by atoms with Crippen molar-refractivity contribution in [1.29, 1.82) is 0 Å². The van der Waals surface area contributed by atoms with Crippen molar-refractivity contribution >= 4 is 47.8 Å². The van der Waals surface area contributed by atoms with Gasteiger partial charge in [0.05, 0.1) is 35.3 Å². The van der Waals surface area contributed by atoms with Crippen LogP contribution in [-0.2, 0) is 9.47 Å². The Morgan fingerprint density at radius 2 is 2.05 bits per heavy atom. The molecular formula is C15H19Br3O3. The zero-order valence-electron chi connectivity index (χ0n) is 11.7. The molecule has 1 saturated carbocycles. The summed E-state index contributed by atoms with van der Waals surface area (Å²) in [7, 11) is 0. The molecule has 2 unspecified atom stereocenters. The molecule has 2 saturated heterocycles. The van der Waals surface area contributed by atoms with Crippen LogP contribution in [0.4, 0.5) is 0 Å². The third-order valence-corrected chi connectivity index (χ3v) is 6.53. The van der Waals surface area contributed by atoms with Crippen molar-refractivity contribution in [3.05, 3.63) is 16.8 Å². The highest BCUT2D eigenvalue weighted by Crippen LogP contribution is 2.52. The predicted octanol–water partition coefficient (Wildman–Crippen LogP) is 3.52. The number of rotatable bonds is 2. The number of hydrogen-bond acceptors (Lipinski definition) is 3. The first-order valence-corrected chi connectivity index (χ1v) is 10.1. The Labute approximate surface area is 150 Å². The molecule has 21 heavy (non-hydrogen) atoms. The van der Waals surface area contributed by atoms with Crippen molar-refractivity contribution in [2.24, 2.45) is 11.8 Å². The van der Waals surface area contributed by atoms with Gasteiger partial charge in [-0.25, -0.2) is 0 Å². The van der Waals surface area contributed by atoms with Crippen molar-refractivity contribution in [2.75, 3.05) is 0 Å². The second-order valence-electron chi connectivity index (χ2n) is 6.13. The van der Waals surface area contributed by atoms with Gasteiger partial charge in [0, 0.05) is 16.2 Å². The van der Waals surface area contributed by atoms with Crippen molar-refractivity contribution in [3.63, 3.8) is 0 Å². The maximum Gasteiger partial charge on any atom is 0.0996 e. The lowest BCUT2D eigenvalue weighted by molar-refractivity contribution is -0.0869. The smallest absolute Gasteiger partial charge is 0.0996 e. The molecule has 3 nitrogen and oxygen atoms in total. The maximum atomic E-state index is 10.6. The third kappa shape index (κ3) is 3.37. The number of aliphatic hydroxyl groups excluding tert-OH is 1. The summed E-state index contributed by atoms with van der Waals surface area (Å²) in [6, 6.07) is 0. The number of aliphatic hydroxyl groups is 1. The fourth-order valence-corrected chi connectivity index (χ4v) is 5.09. The third-order valence-electron chi connectivity index (χ3n) is 4.68. The second-order valence-corrected chi connectivity index (χ2v) is 9.09. The molecule has 3 rings (SSSR count). The molecule has 0 radical (unpaired) electrons. The van der Waals surface area contributed by atoms with Gasteiger partial charge in [-0.3, -0.25) is 0 Å². The van der Waals surface area contributed by atoms with Crippen LogP contribution in [0.15, 0.2) is 16.8 Å². The normalized spacial score (nSPS) is 50.0. The Morgan fingerprint density at radius 3 is 2.71 bits per heavy atom. The molecular weight excluding hydrogens is 468 g/mol. The van der Waals surface area contributed by atoms with E-state index in [-0.39, 0.29) is 40.2 Å². The van der Waals surface area contributed by atoms with E-state index in [1.54, 1.807) is 4.99 Å². The zero-order chi connectivity index (χ0) is 15.1. The summed E-state index contributed by atoms with van der Waals surface area (Å²) in [6.45, 7) is 2.12. The average Bonchev–Trinajstić information content (AvgIpc) is 3.13. The van der Waals surface area contributed by atoms with Crippen LogP contribution < -0.4 is 0 Å². The van der Waals surface area contributed by atoms with E-state index in [2.05, 4.69) is 60.4 Å². The largest absolute Gasteiger partial charge is 0.392 e. The molecule has 9 atom stereocenters. The Kier molecular flexibility index (Phi) is 5.37. The Bertz CT molecular complexity index is 449. The fourth-order valence-electron chi connectivity index (χ4n) is 3.56. The molecule has 1 aliphatic carbocycles. The van der Waals surface area contributed by atoms with Gasteiger partial charge in [-0.2, -0.15) is 0 Å². The van der Waals surface area contributed by atoms with Crippen LogP contribution >= 0.6 is 47.8 Å². The minimum absolute atomic E-state index is 0.00829. The topological polar surface area (TPSA) is 38.7 Å². The van der Waals surface area contributed by atoms with Gasteiger partial charge in [0.25, 0.3) is 0 Å². The van der Waals surface area contributed by atoms with E-state index in [0.717, 1.165) is 12.8 Å². The van der Waals surface area contributed by atoms with Crippen molar-refractivity contribution in [3.8, 4) is 0 Å². The van der Waals surface area contributed by atoms with E-state index in [0.29, 0.717) is 11.8 Å². The number of fused-ring (bicyclic) bond motifs is 2. The highest BCUT2D eigenvalue weighted by Gasteiger charge is 2.56. The Balaban J connectivity index is 1.80. The molecule has 118 valence electrons. The first kappa shape index (κ1) is 16.7. The summed E-state index contributed by atoms with van der Waals surface area (Å²) in [5.74, 6) is 0.772. The minimum Gasteiger partial charge on any atom is -0.392 e. The number of halogens is 3. The average molecular weight is 487 g/mol. The van der Waals surface area contributed by atoms with Crippen molar-refractivity contribution in [2.45, 2.75) is 59.9 Å². The number of alkyl halides is 2. The van der Waals surface area contributed by atoms with E-state index in [1.807, 2.05) is 6.08 Å². The van der Waals surface area contributed by atoms with Gasteiger partial charge < -0.3 is 14.6 Å². The van der Waals surface area contributed by atoms with Gasteiger partial charge in [-0.15, -0.1) is 5.73 Å². The fraction of sp³-hybridized carbons (Fsp3) is 0.800. The monoisotopic (exact) mass is 484 g/mol. The molecule has 0 amide bonds. The summed E-state index contributed by atoms with van der Waals surface area (Å²) in [5.41, 5.74) is 3.01. The molecule has 0 aromatic carbocycles. The van der Waals surface area contributed by atoms with Gasteiger partial charge in [0.2, 0.25) is 0 Å². The van der Waals surface area contributed by atoms with Crippen LogP contribution in [0.1, 0.15) is 19.8 Å². The van der Waals surface area contributed by atoms with Crippen molar-refractivity contribution < 1.29 is 14.6 Å². The molecule has 3 fully saturated rings. The van der Waals surface area contributed by atoms with Crippen LogP contribution in [-0.4, -0.2) is 45.3 Å².